The minimum Gasteiger partial charge on any atom is -0.384 e. The first-order valence-electron chi connectivity index (χ1n) is 10.5. The van der Waals surface area contributed by atoms with Crippen LogP contribution < -0.4 is 5.32 Å². The maximum absolute atomic E-state index is 14.4. The first kappa shape index (κ1) is 23.6. The maximum atomic E-state index is 14.4. The highest BCUT2D eigenvalue weighted by Gasteiger charge is 2.48. The summed E-state index contributed by atoms with van der Waals surface area (Å²) in [6.45, 7) is 5.74. The lowest BCUT2D eigenvalue weighted by molar-refractivity contribution is -0.152. The molecule has 2 aliphatic rings. The molecule has 7 heteroatoms. The number of carbonyl (C=O) groups excluding carboxylic acids is 1. The van der Waals surface area contributed by atoms with E-state index in [0.29, 0.717) is 31.7 Å². The third-order valence-corrected chi connectivity index (χ3v) is 6.93. The first-order chi connectivity index (χ1) is 14.3. The van der Waals surface area contributed by atoms with E-state index in [1.807, 2.05) is 44.2 Å². The Labute approximate surface area is 188 Å². The molecule has 0 radical (unpaired) electrons. The van der Waals surface area contributed by atoms with Crippen LogP contribution in [-0.2, 0) is 10.4 Å². The SMILES string of the molecule is CC1CN(C(=O)[C@@H]2CNC[C@H]2c2ccc(F)cc2F)CC(C)C1(O)c1ccccc1.Cl. The second-order valence-corrected chi connectivity index (χ2v) is 8.77. The van der Waals surface area contributed by atoms with Gasteiger partial charge in [-0.15, -0.1) is 12.4 Å². The number of piperidine rings is 1. The van der Waals surface area contributed by atoms with Crippen molar-refractivity contribution in [2.75, 3.05) is 26.2 Å². The number of carbonyl (C=O) groups is 1. The highest BCUT2D eigenvalue weighted by molar-refractivity contribution is 5.85. The van der Waals surface area contributed by atoms with Crippen LogP contribution in [0.15, 0.2) is 48.5 Å². The van der Waals surface area contributed by atoms with E-state index < -0.39 is 23.2 Å². The van der Waals surface area contributed by atoms with Crippen LogP contribution in [0.1, 0.15) is 30.9 Å². The van der Waals surface area contributed by atoms with Gasteiger partial charge in [0, 0.05) is 50.0 Å². The summed E-state index contributed by atoms with van der Waals surface area (Å²) in [6.07, 6.45) is 0. The quantitative estimate of drug-likeness (QED) is 0.749. The minimum atomic E-state index is -1.01. The fraction of sp³-hybridized carbons (Fsp3) is 0.458. The largest absolute Gasteiger partial charge is 0.384 e. The van der Waals surface area contributed by atoms with E-state index in [2.05, 4.69) is 5.32 Å². The van der Waals surface area contributed by atoms with Gasteiger partial charge in [0.15, 0.2) is 0 Å². The van der Waals surface area contributed by atoms with Crippen LogP contribution in [0.3, 0.4) is 0 Å². The number of aliphatic hydroxyl groups is 1. The van der Waals surface area contributed by atoms with Gasteiger partial charge in [-0.3, -0.25) is 4.79 Å². The summed E-state index contributed by atoms with van der Waals surface area (Å²) in [6, 6.07) is 13.2. The molecule has 4 atom stereocenters. The van der Waals surface area contributed by atoms with Crippen molar-refractivity contribution in [2.45, 2.75) is 25.4 Å². The molecule has 4 rings (SSSR count). The van der Waals surface area contributed by atoms with Gasteiger partial charge >= 0.3 is 0 Å². The third-order valence-electron chi connectivity index (χ3n) is 6.93. The molecule has 2 aromatic carbocycles. The topological polar surface area (TPSA) is 52.6 Å². The minimum absolute atomic E-state index is 0. The van der Waals surface area contributed by atoms with Gasteiger partial charge in [-0.2, -0.15) is 0 Å². The van der Waals surface area contributed by atoms with Crippen molar-refractivity contribution < 1.29 is 18.7 Å². The number of likely N-dealkylation sites (tertiary alicyclic amines) is 1. The second-order valence-electron chi connectivity index (χ2n) is 8.77. The standard InChI is InChI=1S/C24H28F2N2O2.ClH/c1-15-13-28(14-16(2)24(15,30)17-6-4-3-5-7-17)23(29)21-12-27-11-20(21)19-9-8-18(25)10-22(19)26;/h3-10,15-16,20-21,27,30H,11-14H2,1-2H3;1H/t15?,16?,20-,21+,24?;/m0./s1. The zero-order chi connectivity index (χ0) is 21.5. The summed E-state index contributed by atoms with van der Waals surface area (Å²) in [5, 5.41) is 14.7. The highest BCUT2D eigenvalue weighted by Crippen LogP contribution is 2.42. The molecule has 2 saturated heterocycles. The van der Waals surface area contributed by atoms with Gasteiger partial charge in [0.05, 0.1) is 11.5 Å². The Morgan fingerprint density at radius 1 is 1.06 bits per heavy atom. The van der Waals surface area contributed by atoms with Gasteiger partial charge in [0.2, 0.25) is 5.91 Å². The average molecular weight is 451 g/mol. The first-order valence-corrected chi connectivity index (χ1v) is 10.5. The lowest BCUT2D eigenvalue weighted by Gasteiger charge is -2.48. The van der Waals surface area contributed by atoms with Crippen molar-refractivity contribution in [3.8, 4) is 0 Å². The van der Waals surface area contributed by atoms with E-state index in [-0.39, 0.29) is 36.1 Å². The van der Waals surface area contributed by atoms with E-state index in [9.17, 15) is 18.7 Å². The number of hydrogen-bond acceptors (Lipinski definition) is 3. The zero-order valence-electron chi connectivity index (χ0n) is 17.7. The van der Waals surface area contributed by atoms with Crippen molar-refractivity contribution in [1.82, 2.24) is 10.2 Å². The molecule has 2 aromatic rings. The predicted molar refractivity (Wildman–Crippen MR) is 118 cm³/mol. The van der Waals surface area contributed by atoms with Crippen LogP contribution in [0.2, 0.25) is 0 Å². The molecule has 2 aliphatic heterocycles. The van der Waals surface area contributed by atoms with Crippen LogP contribution in [0.5, 0.6) is 0 Å². The number of halogens is 3. The molecule has 4 nitrogen and oxygen atoms in total. The van der Waals surface area contributed by atoms with Crippen LogP contribution in [0, 0.1) is 29.4 Å². The van der Waals surface area contributed by atoms with Crippen molar-refractivity contribution in [1.29, 1.82) is 0 Å². The Morgan fingerprint density at radius 3 is 2.32 bits per heavy atom. The van der Waals surface area contributed by atoms with Crippen molar-refractivity contribution in [3.05, 3.63) is 71.3 Å². The Bertz CT molecular complexity index is 915. The Kier molecular flexibility index (Phi) is 7.04. The predicted octanol–water partition coefficient (Wildman–Crippen LogP) is 3.69. The molecule has 2 N–H and O–H groups in total. The van der Waals surface area contributed by atoms with Crippen LogP contribution in [0.25, 0.3) is 0 Å². The molecular weight excluding hydrogens is 422 g/mol. The summed E-state index contributed by atoms with van der Waals surface area (Å²) in [5.74, 6) is -2.32. The molecule has 2 fully saturated rings. The van der Waals surface area contributed by atoms with Gasteiger partial charge in [-0.05, 0) is 17.2 Å². The molecule has 2 unspecified atom stereocenters. The van der Waals surface area contributed by atoms with E-state index >= 15 is 0 Å². The Morgan fingerprint density at radius 2 is 1.71 bits per heavy atom. The van der Waals surface area contributed by atoms with Crippen LogP contribution >= 0.6 is 12.4 Å². The molecule has 31 heavy (non-hydrogen) atoms. The number of nitrogens with one attached hydrogen (secondary N) is 1. The smallest absolute Gasteiger partial charge is 0.227 e. The number of rotatable bonds is 3. The van der Waals surface area contributed by atoms with Gasteiger partial charge < -0.3 is 15.3 Å². The summed E-state index contributed by atoms with van der Waals surface area (Å²) >= 11 is 0. The molecule has 1 amide bonds. The Balaban J connectivity index is 0.00000272. The van der Waals surface area contributed by atoms with Crippen molar-refractivity contribution in [3.63, 3.8) is 0 Å². The van der Waals surface area contributed by atoms with E-state index in [1.165, 1.54) is 12.1 Å². The fourth-order valence-electron chi connectivity index (χ4n) is 5.26. The second kappa shape index (κ2) is 9.23. The number of benzene rings is 2. The summed E-state index contributed by atoms with van der Waals surface area (Å²) in [5.41, 5.74) is 0.235. The molecule has 2 heterocycles. The van der Waals surface area contributed by atoms with Gasteiger partial charge in [-0.25, -0.2) is 8.78 Å². The fourth-order valence-corrected chi connectivity index (χ4v) is 5.26. The van der Waals surface area contributed by atoms with E-state index in [4.69, 9.17) is 0 Å². The molecular formula is C24H29ClF2N2O2. The normalized spacial score (nSPS) is 30.7. The number of amides is 1. The van der Waals surface area contributed by atoms with Crippen LogP contribution in [-0.4, -0.2) is 42.1 Å². The number of hydrogen-bond donors (Lipinski definition) is 2. The summed E-state index contributed by atoms with van der Waals surface area (Å²) in [4.78, 5) is 15.2. The van der Waals surface area contributed by atoms with Gasteiger partial charge in [0.25, 0.3) is 0 Å². The van der Waals surface area contributed by atoms with E-state index in [0.717, 1.165) is 11.6 Å². The maximum Gasteiger partial charge on any atom is 0.227 e. The average Bonchev–Trinajstić information content (AvgIpc) is 3.21. The van der Waals surface area contributed by atoms with Gasteiger partial charge in [0.1, 0.15) is 11.6 Å². The summed E-state index contributed by atoms with van der Waals surface area (Å²) < 4.78 is 27.7. The molecule has 0 spiro atoms. The molecule has 168 valence electrons. The monoisotopic (exact) mass is 450 g/mol. The van der Waals surface area contributed by atoms with E-state index in [1.54, 1.807) is 4.90 Å². The lowest BCUT2D eigenvalue weighted by Crippen LogP contribution is -2.57. The third kappa shape index (κ3) is 4.21. The highest BCUT2D eigenvalue weighted by atomic mass is 35.5. The lowest BCUT2D eigenvalue weighted by atomic mass is 9.70. The molecule has 0 saturated carbocycles. The van der Waals surface area contributed by atoms with Gasteiger partial charge in [-0.1, -0.05) is 50.2 Å². The summed E-state index contributed by atoms with van der Waals surface area (Å²) in [7, 11) is 0. The molecule has 0 aromatic heterocycles. The van der Waals surface area contributed by atoms with Crippen LogP contribution in [0.4, 0.5) is 8.78 Å². The molecule has 0 bridgehead atoms. The van der Waals surface area contributed by atoms with Crippen molar-refractivity contribution >= 4 is 18.3 Å². The molecule has 0 aliphatic carbocycles. The Hall–Kier alpha value is -2.02. The zero-order valence-corrected chi connectivity index (χ0v) is 18.5. The van der Waals surface area contributed by atoms with Crippen molar-refractivity contribution in [2.24, 2.45) is 17.8 Å². The number of nitrogens with zero attached hydrogens (tertiary/aromatic N) is 1.